The van der Waals surface area contributed by atoms with Crippen LogP contribution in [0.4, 0.5) is 4.79 Å². The van der Waals surface area contributed by atoms with Crippen LogP contribution in [0.3, 0.4) is 0 Å². The molecule has 2 radical (unpaired) electrons. The van der Waals surface area contributed by atoms with Gasteiger partial charge in [0.1, 0.15) is 6.04 Å². The monoisotopic (exact) mass is 141 g/mol. The minimum Gasteiger partial charge on any atom is -0.480 e. The maximum atomic E-state index is 10.2. The van der Waals surface area contributed by atoms with Crippen molar-refractivity contribution in [1.82, 2.24) is 5.32 Å². The van der Waals surface area contributed by atoms with Crippen molar-refractivity contribution in [3.63, 3.8) is 0 Å². The first-order chi connectivity index (χ1) is 4.57. The van der Waals surface area contributed by atoms with Crippen molar-refractivity contribution in [2.75, 3.05) is 0 Å². The van der Waals surface area contributed by atoms with E-state index >= 15 is 0 Å². The van der Waals surface area contributed by atoms with E-state index < -0.39 is 17.8 Å². The summed E-state index contributed by atoms with van der Waals surface area (Å²) in [7, 11) is 4.69. The molecule has 0 aromatic heterocycles. The molecule has 0 fully saturated rings. The first kappa shape index (κ1) is 9.00. The predicted octanol–water partition coefficient (Wildman–Crippen LogP) is -0.272. The van der Waals surface area contributed by atoms with E-state index in [1.54, 1.807) is 6.92 Å². The summed E-state index contributed by atoms with van der Waals surface area (Å²) in [6, 6.07) is -0.863. The number of carbonyl (C=O) groups is 2. The van der Waals surface area contributed by atoms with E-state index in [0.717, 1.165) is 0 Å². The molecule has 5 heteroatoms. The zero-order valence-electron chi connectivity index (χ0n) is 5.63. The normalized spacial score (nSPS) is 12.1. The molecule has 1 atom stereocenters. The fourth-order valence-corrected chi connectivity index (χ4v) is 0.510. The highest BCUT2D eigenvalue weighted by atomic mass is 16.4. The second-order valence-electron chi connectivity index (χ2n) is 1.81. The number of aliphatic carboxylic acids is 1. The minimum absolute atomic E-state index is 0.332. The lowest BCUT2D eigenvalue weighted by Gasteiger charge is -2.09. The SMILES string of the molecule is [B]C(=O)N[C@@H](CC)C(=O)O. The van der Waals surface area contributed by atoms with Crippen LogP contribution in [0.15, 0.2) is 0 Å². The number of hydrogen-bond donors (Lipinski definition) is 2. The lowest BCUT2D eigenvalue weighted by molar-refractivity contribution is -0.139. The second-order valence-corrected chi connectivity index (χ2v) is 1.81. The quantitative estimate of drug-likeness (QED) is 0.531. The Morgan fingerprint density at radius 2 is 2.20 bits per heavy atom. The Hall–Kier alpha value is -0.995. The van der Waals surface area contributed by atoms with Crippen molar-refractivity contribution in [3.8, 4) is 0 Å². The molecule has 1 amide bonds. The maximum Gasteiger partial charge on any atom is 0.326 e. The molecule has 0 heterocycles. The van der Waals surface area contributed by atoms with E-state index in [1.165, 1.54) is 0 Å². The molecule has 0 aliphatic heterocycles. The van der Waals surface area contributed by atoms with E-state index in [0.29, 0.717) is 6.42 Å². The first-order valence-electron chi connectivity index (χ1n) is 2.86. The van der Waals surface area contributed by atoms with Crippen LogP contribution in [0, 0.1) is 0 Å². The van der Waals surface area contributed by atoms with Crippen LogP contribution in [-0.4, -0.2) is 30.8 Å². The van der Waals surface area contributed by atoms with Gasteiger partial charge in [0.25, 0.3) is 0 Å². The van der Waals surface area contributed by atoms with Crippen LogP contribution in [0.5, 0.6) is 0 Å². The summed E-state index contributed by atoms with van der Waals surface area (Å²) in [4.78, 5) is 20.3. The highest BCUT2D eigenvalue weighted by Crippen LogP contribution is 1.89. The summed E-state index contributed by atoms with van der Waals surface area (Å²) in [5, 5.41) is 10.4. The number of rotatable bonds is 3. The molecule has 0 aromatic carbocycles. The third-order valence-electron chi connectivity index (χ3n) is 1.02. The lowest BCUT2D eigenvalue weighted by atomic mass is 10.1. The number of carboxylic acids is 1. The first-order valence-corrected chi connectivity index (χ1v) is 2.86. The molecule has 0 spiro atoms. The Balaban J connectivity index is 3.83. The largest absolute Gasteiger partial charge is 0.480 e. The van der Waals surface area contributed by atoms with E-state index in [4.69, 9.17) is 13.0 Å². The van der Waals surface area contributed by atoms with Crippen LogP contribution >= 0.6 is 0 Å². The summed E-state index contributed by atoms with van der Waals surface area (Å²) in [5.41, 5.74) is 0. The van der Waals surface area contributed by atoms with Gasteiger partial charge in [-0.3, -0.25) is 4.79 Å². The van der Waals surface area contributed by atoms with E-state index in [1.807, 2.05) is 0 Å². The van der Waals surface area contributed by atoms with Crippen molar-refractivity contribution in [2.45, 2.75) is 19.4 Å². The van der Waals surface area contributed by atoms with Crippen molar-refractivity contribution < 1.29 is 14.7 Å². The Kier molecular flexibility index (Phi) is 3.53. The van der Waals surface area contributed by atoms with E-state index in [-0.39, 0.29) is 0 Å². The van der Waals surface area contributed by atoms with Crippen molar-refractivity contribution in [2.24, 2.45) is 0 Å². The number of amides is 1. The van der Waals surface area contributed by atoms with Gasteiger partial charge in [0.2, 0.25) is 7.85 Å². The molecule has 0 bridgehead atoms. The summed E-state index contributed by atoms with van der Waals surface area (Å²) in [5.74, 6) is -1.88. The predicted molar refractivity (Wildman–Crippen MR) is 36.0 cm³/mol. The van der Waals surface area contributed by atoms with Gasteiger partial charge in [0.15, 0.2) is 5.81 Å². The molecule has 4 nitrogen and oxygen atoms in total. The molecule has 0 saturated carbocycles. The zero-order valence-corrected chi connectivity index (χ0v) is 5.63. The van der Waals surface area contributed by atoms with Gasteiger partial charge in [-0.25, -0.2) is 4.79 Å². The maximum absolute atomic E-state index is 10.2. The lowest BCUT2D eigenvalue weighted by Crippen LogP contribution is -2.39. The number of carbonyl (C=O) groups excluding carboxylic acids is 1. The van der Waals surface area contributed by atoms with Crippen LogP contribution < -0.4 is 5.32 Å². The van der Waals surface area contributed by atoms with Crippen LogP contribution in [0.2, 0.25) is 0 Å². The Morgan fingerprint density at radius 3 is 2.30 bits per heavy atom. The molecule has 10 heavy (non-hydrogen) atoms. The topological polar surface area (TPSA) is 66.4 Å². The highest BCUT2D eigenvalue weighted by molar-refractivity contribution is 6.57. The molecular formula is C5H8BNO3. The van der Waals surface area contributed by atoms with Crippen LogP contribution in [-0.2, 0) is 4.79 Å². The molecular weight excluding hydrogens is 133 g/mol. The smallest absolute Gasteiger partial charge is 0.326 e. The van der Waals surface area contributed by atoms with Gasteiger partial charge < -0.3 is 10.4 Å². The van der Waals surface area contributed by atoms with Gasteiger partial charge in [0, 0.05) is 0 Å². The van der Waals surface area contributed by atoms with Crippen LogP contribution in [0.1, 0.15) is 13.3 Å². The number of nitrogens with one attached hydrogen (secondary N) is 1. The van der Waals surface area contributed by atoms with Crippen molar-refractivity contribution in [1.29, 1.82) is 0 Å². The number of carboxylic acid groups (broad SMARTS) is 1. The summed E-state index contributed by atoms with van der Waals surface area (Å²) in [6.45, 7) is 1.65. The molecule has 0 aliphatic rings. The second kappa shape index (κ2) is 3.92. The number of hydrogen-bond acceptors (Lipinski definition) is 2. The van der Waals surface area contributed by atoms with Gasteiger partial charge in [-0.05, 0) is 6.42 Å². The van der Waals surface area contributed by atoms with Gasteiger partial charge in [0.05, 0.1) is 0 Å². The molecule has 54 valence electrons. The van der Waals surface area contributed by atoms with E-state index in [9.17, 15) is 9.59 Å². The summed E-state index contributed by atoms with van der Waals surface area (Å²) in [6.07, 6.45) is 0.332. The summed E-state index contributed by atoms with van der Waals surface area (Å²) >= 11 is 0. The average molecular weight is 141 g/mol. The van der Waals surface area contributed by atoms with E-state index in [2.05, 4.69) is 5.32 Å². The standard InChI is InChI=1S/C5H8BNO3/c1-2-3(4(8)9)7-5(6)10/h3H,2H2,1H3,(H,7,10)(H,8,9)/t3-/m0/s1. The van der Waals surface area contributed by atoms with Gasteiger partial charge >= 0.3 is 5.97 Å². The molecule has 0 aliphatic carbocycles. The average Bonchev–Trinajstić information content (AvgIpc) is 1.81. The Labute approximate surface area is 60.0 Å². The van der Waals surface area contributed by atoms with Gasteiger partial charge in [-0.2, -0.15) is 0 Å². The third kappa shape index (κ3) is 3.12. The fourth-order valence-electron chi connectivity index (χ4n) is 0.510. The molecule has 2 N–H and O–H groups in total. The molecule has 0 aromatic rings. The fraction of sp³-hybridized carbons (Fsp3) is 0.600. The molecule has 0 saturated heterocycles. The third-order valence-corrected chi connectivity index (χ3v) is 1.02. The zero-order chi connectivity index (χ0) is 8.15. The van der Waals surface area contributed by atoms with Gasteiger partial charge in [-0.1, -0.05) is 6.92 Å². The molecule has 0 unspecified atom stereocenters. The Bertz CT molecular complexity index is 148. The molecule has 0 rings (SSSR count). The van der Waals surface area contributed by atoms with Crippen molar-refractivity contribution >= 4 is 19.6 Å². The Morgan fingerprint density at radius 1 is 1.70 bits per heavy atom. The van der Waals surface area contributed by atoms with Gasteiger partial charge in [-0.15, -0.1) is 0 Å². The highest BCUT2D eigenvalue weighted by Gasteiger charge is 2.14. The minimum atomic E-state index is -1.07. The van der Waals surface area contributed by atoms with Crippen molar-refractivity contribution in [3.05, 3.63) is 0 Å². The van der Waals surface area contributed by atoms with Crippen LogP contribution in [0.25, 0.3) is 0 Å². The summed E-state index contributed by atoms with van der Waals surface area (Å²) < 4.78 is 0.